The molecule has 5 N–H and O–H groups in total. The average Bonchev–Trinajstić information content (AvgIpc) is 3.33. The number of ether oxygens (including phenoxy) is 3. The first-order valence-electron chi connectivity index (χ1n) is 11.9. The Balaban J connectivity index is 0.00000344. The largest absolute Gasteiger partial charge is 0.579 e. The molecule has 0 spiro atoms. The number of hydrogen-bond donors (Lipinski definition) is 4. The predicted octanol–water partition coefficient (Wildman–Crippen LogP) is 2.90. The van der Waals surface area contributed by atoms with Gasteiger partial charge >= 0.3 is 20.1 Å². The standard InChI is InChI=1S/C21H34N3O9PS.2CH4O/c1-20(2,3)17(25)28-12-31-34(27,32-13-29-18(26)21(4,5)6)30-11-14-7-8-16(33-14)24-10-9-15(22)23-19(24)35;2*1-2/h9-10,14,16,27H,7-8,11-13H2,1-6H3,(H-,22,23,35);2*2H,1H3/p+1. The maximum atomic E-state index is 12.0. The molecule has 1 aliphatic heterocycles. The summed E-state index contributed by atoms with van der Waals surface area (Å²) < 4.78 is 34.0. The van der Waals surface area contributed by atoms with Crippen LogP contribution in [-0.2, 0) is 37.4 Å². The summed E-state index contributed by atoms with van der Waals surface area (Å²) in [4.78, 5) is 38.8. The summed E-state index contributed by atoms with van der Waals surface area (Å²) in [6, 6.07) is 1.62. The summed E-state index contributed by atoms with van der Waals surface area (Å²) in [6.45, 7) is 8.70. The monoisotopic (exact) mass is 600 g/mol. The predicted molar refractivity (Wildman–Crippen MR) is 145 cm³/mol. The number of aliphatic hydroxyl groups excluding tert-OH is 2. The van der Waals surface area contributed by atoms with Crippen molar-refractivity contribution in [3.63, 3.8) is 0 Å². The molecule has 2 heterocycles. The second-order valence-electron chi connectivity index (χ2n) is 9.95. The van der Waals surface area contributed by atoms with Crippen molar-refractivity contribution in [3.8, 4) is 0 Å². The number of aliphatic hydroxyl groups is 2. The van der Waals surface area contributed by atoms with E-state index in [2.05, 4.69) is 4.98 Å². The minimum atomic E-state index is -4.04. The molecule has 1 aromatic heterocycles. The number of aromatic nitrogens is 2. The Morgan fingerprint density at radius 2 is 1.51 bits per heavy atom. The van der Waals surface area contributed by atoms with Crippen LogP contribution in [-0.4, -0.2) is 77.1 Å². The molecule has 0 aliphatic carbocycles. The van der Waals surface area contributed by atoms with Gasteiger partial charge in [0.15, 0.2) is 0 Å². The molecule has 2 unspecified atom stereocenters. The van der Waals surface area contributed by atoms with E-state index in [1.807, 2.05) is 0 Å². The highest BCUT2D eigenvalue weighted by Crippen LogP contribution is 2.58. The Morgan fingerprint density at radius 3 is 1.95 bits per heavy atom. The first kappa shape index (κ1) is 37.2. The van der Waals surface area contributed by atoms with Crippen LogP contribution in [0.25, 0.3) is 0 Å². The van der Waals surface area contributed by atoms with E-state index in [1.54, 1.807) is 58.4 Å². The zero-order chi connectivity index (χ0) is 30.4. The van der Waals surface area contributed by atoms with Crippen molar-refractivity contribution in [3.05, 3.63) is 17.0 Å². The molecule has 14 nitrogen and oxygen atoms in total. The molecule has 0 aromatic carbocycles. The Morgan fingerprint density at radius 1 is 1.03 bits per heavy atom. The molecule has 0 radical (unpaired) electrons. The SMILES string of the molecule is CC(C)(C)C(=O)OCO[P+](O)(OCOC(=O)C(C)(C)C)OCC1CCC(n2ccc(N)nc2=S)O1.CO.CO. The van der Waals surface area contributed by atoms with E-state index < -0.39 is 50.6 Å². The van der Waals surface area contributed by atoms with Crippen molar-refractivity contribution in [2.75, 3.05) is 40.1 Å². The zero-order valence-electron chi connectivity index (χ0n) is 23.8. The number of hydrogen-bond acceptors (Lipinski definition) is 14. The van der Waals surface area contributed by atoms with Gasteiger partial charge < -0.3 is 30.2 Å². The third kappa shape index (κ3) is 13.4. The van der Waals surface area contributed by atoms with Gasteiger partial charge in [-0.25, -0.2) is 4.98 Å². The van der Waals surface area contributed by atoms with E-state index in [0.29, 0.717) is 18.7 Å². The van der Waals surface area contributed by atoms with Gasteiger partial charge in [0.1, 0.15) is 18.7 Å². The molecule has 1 aromatic rings. The first-order valence-corrected chi connectivity index (χ1v) is 13.8. The summed E-state index contributed by atoms with van der Waals surface area (Å²) in [5.41, 5.74) is 4.11. The fourth-order valence-electron chi connectivity index (χ4n) is 2.67. The second kappa shape index (κ2) is 17.1. The number of esters is 2. The fourth-order valence-corrected chi connectivity index (χ4v) is 3.91. The number of carbonyl (C=O) groups excluding carboxylic acids is 2. The van der Waals surface area contributed by atoms with Crippen LogP contribution in [0.4, 0.5) is 5.82 Å². The van der Waals surface area contributed by atoms with Gasteiger partial charge in [0.2, 0.25) is 18.4 Å². The summed E-state index contributed by atoms with van der Waals surface area (Å²) >= 11 is 5.23. The van der Waals surface area contributed by atoms with E-state index in [1.165, 1.54) is 0 Å². The van der Waals surface area contributed by atoms with Gasteiger partial charge in [-0.2, -0.15) is 9.42 Å². The van der Waals surface area contributed by atoms with Crippen LogP contribution in [0.2, 0.25) is 0 Å². The van der Waals surface area contributed by atoms with Gasteiger partial charge in [-0.05, 0) is 72.7 Å². The lowest BCUT2D eigenvalue weighted by atomic mass is 9.98. The maximum absolute atomic E-state index is 12.0. The molecular weight excluding hydrogens is 557 g/mol. The summed E-state index contributed by atoms with van der Waals surface area (Å²) in [5.74, 6) is -0.773. The van der Waals surface area contributed by atoms with Crippen LogP contribution in [0.1, 0.15) is 60.6 Å². The Hall–Kier alpha value is -1.81. The van der Waals surface area contributed by atoms with Crippen molar-refractivity contribution in [1.82, 2.24) is 9.55 Å². The highest BCUT2D eigenvalue weighted by molar-refractivity contribution is 7.71. The Kier molecular flexibility index (Phi) is 16.3. The summed E-state index contributed by atoms with van der Waals surface area (Å²) in [7, 11) is -2.04. The normalized spacial score (nSPS) is 17.3. The lowest BCUT2D eigenvalue weighted by Crippen LogP contribution is -2.26. The van der Waals surface area contributed by atoms with E-state index in [-0.39, 0.29) is 17.6 Å². The number of anilines is 1. The molecule has 39 heavy (non-hydrogen) atoms. The van der Waals surface area contributed by atoms with Crippen LogP contribution in [0.5, 0.6) is 0 Å². The third-order valence-corrected chi connectivity index (χ3v) is 6.35. The van der Waals surface area contributed by atoms with Gasteiger partial charge in [0.05, 0.1) is 16.9 Å². The van der Waals surface area contributed by atoms with Crippen LogP contribution >= 0.6 is 20.4 Å². The number of nitrogens with two attached hydrogens (primary N) is 1. The minimum absolute atomic E-state index is 0.100. The van der Waals surface area contributed by atoms with Crippen molar-refractivity contribution < 1.29 is 52.5 Å². The molecule has 1 saturated heterocycles. The first-order chi connectivity index (χ1) is 18.1. The van der Waals surface area contributed by atoms with Gasteiger partial charge in [-0.15, -0.1) is 9.05 Å². The van der Waals surface area contributed by atoms with Crippen LogP contribution in [0.15, 0.2) is 12.3 Å². The van der Waals surface area contributed by atoms with Crippen molar-refractivity contribution in [1.29, 1.82) is 0 Å². The van der Waals surface area contributed by atoms with Gasteiger partial charge in [0, 0.05) is 20.4 Å². The lowest BCUT2D eigenvalue weighted by molar-refractivity contribution is -0.165. The van der Waals surface area contributed by atoms with E-state index in [0.717, 1.165) is 14.2 Å². The molecule has 0 saturated carbocycles. The number of rotatable bonds is 10. The summed E-state index contributed by atoms with van der Waals surface area (Å²) in [5, 5.41) is 14.0. The topological polar surface area (TPSA) is 194 Å². The Labute approximate surface area is 235 Å². The van der Waals surface area contributed by atoms with E-state index in [9.17, 15) is 14.5 Å². The van der Waals surface area contributed by atoms with Crippen LogP contribution in [0.3, 0.4) is 0 Å². The molecule has 0 bridgehead atoms. The van der Waals surface area contributed by atoms with Crippen LogP contribution < -0.4 is 5.73 Å². The quantitative estimate of drug-likeness (QED) is 0.132. The van der Waals surface area contributed by atoms with E-state index >= 15 is 0 Å². The highest BCUT2D eigenvalue weighted by Gasteiger charge is 2.48. The van der Waals surface area contributed by atoms with Gasteiger partial charge in [-0.3, -0.25) is 14.2 Å². The molecule has 16 heteroatoms. The fraction of sp³-hybridized carbons (Fsp3) is 0.739. The zero-order valence-corrected chi connectivity index (χ0v) is 25.5. The van der Waals surface area contributed by atoms with E-state index in [4.69, 9.17) is 55.9 Å². The smallest absolute Gasteiger partial charge is 0.433 e. The minimum Gasteiger partial charge on any atom is -0.433 e. The second-order valence-corrected chi connectivity index (χ2v) is 12.0. The number of carbonyl (C=O) groups is 2. The van der Waals surface area contributed by atoms with Crippen molar-refractivity contribution >= 4 is 38.1 Å². The third-order valence-electron chi connectivity index (χ3n) is 4.71. The van der Waals surface area contributed by atoms with Crippen molar-refractivity contribution in [2.45, 2.75) is 66.7 Å². The van der Waals surface area contributed by atoms with Gasteiger partial charge in [0.25, 0.3) is 0 Å². The lowest BCUT2D eigenvalue weighted by Gasteiger charge is -2.20. The summed E-state index contributed by atoms with van der Waals surface area (Å²) in [6.07, 6.45) is 2.11. The molecule has 1 fully saturated rings. The molecular formula is C23H43N3O11PS+. The molecule has 2 atom stereocenters. The molecule has 226 valence electrons. The molecule has 0 amide bonds. The average molecular weight is 601 g/mol. The van der Waals surface area contributed by atoms with Gasteiger partial charge in [-0.1, -0.05) is 0 Å². The van der Waals surface area contributed by atoms with Crippen LogP contribution in [0, 0.1) is 15.6 Å². The molecule has 2 rings (SSSR count). The van der Waals surface area contributed by atoms with Crippen molar-refractivity contribution in [2.24, 2.45) is 10.8 Å². The Bertz CT molecular complexity index is 918. The maximum Gasteiger partial charge on any atom is 0.579 e. The number of nitrogen functional groups attached to an aromatic ring is 1. The molecule has 1 aliphatic rings. The highest BCUT2D eigenvalue weighted by atomic mass is 32.1. The number of nitrogens with zero attached hydrogens (tertiary/aromatic N) is 2.